The summed E-state index contributed by atoms with van der Waals surface area (Å²) in [4.78, 5) is 20.7. The summed E-state index contributed by atoms with van der Waals surface area (Å²) in [5.74, 6) is 2.69. The Morgan fingerprint density at radius 3 is 2.68 bits per heavy atom. The Labute approximate surface area is 153 Å². The van der Waals surface area contributed by atoms with Crippen molar-refractivity contribution in [2.24, 2.45) is 0 Å². The van der Waals surface area contributed by atoms with Crippen molar-refractivity contribution in [1.29, 1.82) is 0 Å². The number of aliphatic hydroxyl groups excluding tert-OH is 1. The molecule has 1 aromatic rings. The molecule has 0 unspecified atom stereocenters. The first-order chi connectivity index (χ1) is 12.0. The largest absolute Gasteiger partial charge is 0.390 e. The van der Waals surface area contributed by atoms with E-state index >= 15 is 0 Å². The van der Waals surface area contributed by atoms with Gasteiger partial charge in [0.1, 0.15) is 0 Å². The number of hydrogen-bond donors (Lipinski definition) is 1. The first kappa shape index (κ1) is 18.7. The maximum absolute atomic E-state index is 12.1. The highest BCUT2D eigenvalue weighted by Crippen LogP contribution is 2.30. The standard InChI is InChI=1S/C17H28N4O3S/c1-11(2)16-18-17(24-19-16)12-4-6-20(7-5-12)13-8-21(9-14(13)22)15(23)10-25-3/h11-14,22H,4-10H2,1-3H3/t13-,14-/m1/s1. The predicted octanol–water partition coefficient (Wildman–Crippen LogP) is 1.31. The molecule has 1 aromatic heterocycles. The molecule has 1 amide bonds. The Hall–Kier alpha value is -1.12. The van der Waals surface area contributed by atoms with Gasteiger partial charge in [-0.2, -0.15) is 16.7 Å². The van der Waals surface area contributed by atoms with Crippen molar-refractivity contribution in [1.82, 2.24) is 19.9 Å². The number of amides is 1. The monoisotopic (exact) mass is 368 g/mol. The number of piperidine rings is 1. The molecule has 1 N–H and O–H groups in total. The lowest BCUT2D eigenvalue weighted by atomic mass is 9.95. The van der Waals surface area contributed by atoms with Gasteiger partial charge in [0.05, 0.1) is 17.9 Å². The zero-order chi connectivity index (χ0) is 18.0. The second-order valence-electron chi connectivity index (χ2n) is 7.32. The molecule has 0 bridgehead atoms. The minimum atomic E-state index is -0.460. The molecule has 140 valence electrons. The van der Waals surface area contributed by atoms with Gasteiger partial charge < -0.3 is 14.5 Å². The molecular formula is C17H28N4O3S. The van der Waals surface area contributed by atoms with Gasteiger partial charge in [0, 0.05) is 24.9 Å². The predicted molar refractivity (Wildman–Crippen MR) is 96.7 cm³/mol. The number of aromatic nitrogens is 2. The van der Waals surface area contributed by atoms with E-state index in [9.17, 15) is 9.90 Å². The van der Waals surface area contributed by atoms with Gasteiger partial charge in [0.2, 0.25) is 11.8 Å². The average Bonchev–Trinajstić information content (AvgIpc) is 3.22. The van der Waals surface area contributed by atoms with Crippen molar-refractivity contribution in [3.63, 3.8) is 0 Å². The van der Waals surface area contributed by atoms with E-state index in [1.54, 1.807) is 4.90 Å². The molecule has 2 saturated heterocycles. The lowest BCUT2D eigenvalue weighted by Gasteiger charge is -2.35. The number of thioether (sulfide) groups is 1. The molecule has 2 aliphatic heterocycles. The topological polar surface area (TPSA) is 82.7 Å². The van der Waals surface area contributed by atoms with Crippen molar-refractivity contribution in [3.8, 4) is 0 Å². The van der Waals surface area contributed by atoms with Gasteiger partial charge in [-0.3, -0.25) is 9.69 Å². The molecule has 0 spiro atoms. The van der Waals surface area contributed by atoms with Gasteiger partial charge >= 0.3 is 0 Å². The maximum atomic E-state index is 12.1. The van der Waals surface area contributed by atoms with E-state index in [0.717, 1.165) is 37.6 Å². The van der Waals surface area contributed by atoms with Gasteiger partial charge in [-0.05, 0) is 32.2 Å². The molecule has 0 aromatic carbocycles. The van der Waals surface area contributed by atoms with Crippen molar-refractivity contribution in [2.45, 2.75) is 50.7 Å². The van der Waals surface area contributed by atoms with E-state index in [1.807, 2.05) is 6.26 Å². The third-order valence-electron chi connectivity index (χ3n) is 5.20. The highest BCUT2D eigenvalue weighted by molar-refractivity contribution is 7.99. The number of carbonyl (C=O) groups is 1. The molecule has 0 aliphatic carbocycles. The van der Waals surface area contributed by atoms with Gasteiger partial charge in [0.15, 0.2) is 5.82 Å². The molecule has 8 heteroatoms. The number of aliphatic hydroxyl groups is 1. The Morgan fingerprint density at radius 1 is 1.36 bits per heavy atom. The molecule has 2 aliphatic rings. The zero-order valence-electron chi connectivity index (χ0n) is 15.2. The van der Waals surface area contributed by atoms with Crippen LogP contribution in [0.25, 0.3) is 0 Å². The van der Waals surface area contributed by atoms with Gasteiger partial charge in [-0.25, -0.2) is 0 Å². The maximum Gasteiger partial charge on any atom is 0.232 e. The molecule has 7 nitrogen and oxygen atoms in total. The summed E-state index contributed by atoms with van der Waals surface area (Å²) in [7, 11) is 0. The minimum absolute atomic E-state index is 0.0423. The zero-order valence-corrected chi connectivity index (χ0v) is 16.0. The van der Waals surface area contributed by atoms with Crippen LogP contribution in [0.5, 0.6) is 0 Å². The number of likely N-dealkylation sites (tertiary alicyclic amines) is 2. The van der Waals surface area contributed by atoms with E-state index < -0.39 is 6.10 Å². The van der Waals surface area contributed by atoms with Crippen molar-refractivity contribution < 1.29 is 14.4 Å². The number of carbonyl (C=O) groups excluding carboxylic acids is 1. The van der Waals surface area contributed by atoms with Crippen LogP contribution in [0.3, 0.4) is 0 Å². The van der Waals surface area contributed by atoms with Crippen molar-refractivity contribution >= 4 is 17.7 Å². The van der Waals surface area contributed by atoms with Gasteiger partial charge in [0.25, 0.3) is 0 Å². The summed E-state index contributed by atoms with van der Waals surface area (Å²) in [6.45, 7) is 6.97. The molecule has 3 rings (SSSR count). The van der Waals surface area contributed by atoms with E-state index in [4.69, 9.17) is 4.52 Å². The van der Waals surface area contributed by atoms with Gasteiger partial charge in [-0.1, -0.05) is 19.0 Å². The number of rotatable bonds is 5. The minimum Gasteiger partial charge on any atom is -0.390 e. The second-order valence-corrected chi connectivity index (χ2v) is 8.19. The highest BCUT2D eigenvalue weighted by atomic mass is 32.2. The van der Waals surface area contributed by atoms with Crippen LogP contribution in [0.4, 0.5) is 0 Å². The fourth-order valence-electron chi connectivity index (χ4n) is 3.67. The molecule has 25 heavy (non-hydrogen) atoms. The third kappa shape index (κ3) is 4.17. The van der Waals surface area contributed by atoms with Crippen LogP contribution in [0.1, 0.15) is 50.2 Å². The molecule has 0 saturated carbocycles. The van der Waals surface area contributed by atoms with E-state index in [2.05, 4.69) is 28.9 Å². The lowest BCUT2D eigenvalue weighted by molar-refractivity contribution is -0.127. The summed E-state index contributed by atoms with van der Waals surface area (Å²) >= 11 is 1.53. The fraction of sp³-hybridized carbons (Fsp3) is 0.824. The normalized spacial score (nSPS) is 25.9. The van der Waals surface area contributed by atoms with Crippen LogP contribution < -0.4 is 0 Å². The molecule has 3 heterocycles. The van der Waals surface area contributed by atoms with E-state index in [1.165, 1.54) is 11.8 Å². The summed E-state index contributed by atoms with van der Waals surface area (Å²) < 4.78 is 5.44. The molecule has 0 radical (unpaired) electrons. The van der Waals surface area contributed by atoms with Crippen LogP contribution >= 0.6 is 11.8 Å². The summed E-state index contributed by atoms with van der Waals surface area (Å²) in [6.07, 6.45) is 3.36. The Bertz CT molecular complexity index is 586. The van der Waals surface area contributed by atoms with Crippen LogP contribution in [0.15, 0.2) is 4.52 Å². The molecule has 2 fully saturated rings. The fourth-order valence-corrected chi connectivity index (χ4v) is 4.10. The number of β-amino-alcohol motifs (C(OH)–C–C–N with tert-alkyl or cyclic N) is 1. The summed E-state index contributed by atoms with van der Waals surface area (Å²) in [5.41, 5.74) is 0. The van der Waals surface area contributed by atoms with Crippen molar-refractivity contribution in [3.05, 3.63) is 11.7 Å². The first-order valence-electron chi connectivity index (χ1n) is 9.02. The number of nitrogens with zero attached hydrogens (tertiary/aromatic N) is 4. The van der Waals surface area contributed by atoms with Gasteiger partial charge in [-0.15, -0.1) is 0 Å². The van der Waals surface area contributed by atoms with Crippen LogP contribution in [0, 0.1) is 0 Å². The first-order valence-corrected chi connectivity index (χ1v) is 10.4. The lowest BCUT2D eigenvalue weighted by Crippen LogP contribution is -2.47. The Balaban J connectivity index is 1.54. The Kier molecular flexibility index (Phi) is 6.01. The smallest absolute Gasteiger partial charge is 0.232 e. The SMILES string of the molecule is CSCC(=O)N1C[C@@H](O)[C@H](N2CCC(c3nc(C(C)C)no3)CC2)C1. The average molecular weight is 369 g/mol. The van der Waals surface area contributed by atoms with Crippen LogP contribution in [-0.4, -0.2) is 81.3 Å². The molecular weight excluding hydrogens is 340 g/mol. The van der Waals surface area contributed by atoms with E-state index in [-0.39, 0.29) is 17.9 Å². The van der Waals surface area contributed by atoms with Crippen molar-refractivity contribution in [2.75, 3.05) is 38.2 Å². The molecule has 2 atom stereocenters. The summed E-state index contributed by atoms with van der Waals surface area (Å²) in [6, 6.07) is 0.0423. The Morgan fingerprint density at radius 2 is 2.08 bits per heavy atom. The second kappa shape index (κ2) is 8.05. The van der Waals surface area contributed by atoms with E-state index in [0.29, 0.717) is 24.8 Å². The highest BCUT2D eigenvalue weighted by Gasteiger charge is 2.39. The van der Waals surface area contributed by atoms with Crippen LogP contribution in [-0.2, 0) is 4.79 Å². The van der Waals surface area contributed by atoms with Crippen LogP contribution in [0.2, 0.25) is 0 Å². The third-order valence-corrected chi connectivity index (χ3v) is 5.74. The quantitative estimate of drug-likeness (QED) is 0.839. The number of hydrogen-bond acceptors (Lipinski definition) is 7. The summed E-state index contributed by atoms with van der Waals surface area (Å²) in [5, 5.41) is 14.5.